The lowest BCUT2D eigenvalue weighted by Gasteiger charge is -2.25. The van der Waals surface area contributed by atoms with E-state index in [1.807, 2.05) is 51.6 Å². The lowest BCUT2D eigenvalue weighted by molar-refractivity contribution is 0.326. The Bertz CT molecular complexity index is 1590. The number of nitrogens with zero attached hydrogens (tertiary/aromatic N) is 4. The van der Waals surface area contributed by atoms with Gasteiger partial charge in [-0.3, -0.25) is 9.36 Å². The molecule has 0 amide bonds. The van der Waals surface area contributed by atoms with Crippen LogP contribution in [0.5, 0.6) is 0 Å². The number of para-hydroxylation sites is 2. The summed E-state index contributed by atoms with van der Waals surface area (Å²) in [5.74, 6) is 1.51. The summed E-state index contributed by atoms with van der Waals surface area (Å²) in [4.78, 5) is 27.1. The minimum absolute atomic E-state index is 0.0496. The van der Waals surface area contributed by atoms with E-state index < -0.39 is 0 Å². The van der Waals surface area contributed by atoms with Gasteiger partial charge in [0.25, 0.3) is 5.56 Å². The number of imidazole rings is 1. The fourth-order valence-corrected chi connectivity index (χ4v) is 7.29. The van der Waals surface area contributed by atoms with Crippen molar-refractivity contribution >= 4 is 56.7 Å². The highest BCUT2D eigenvalue weighted by atomic mass is 32.2. The second-order valence-corrected chi connectivity index (χ2v) is 11.8. The van der Waals surface area contributed by atoms with Gasteiger partial charge in [-0.05, 0) is 49.2 Å². The summed E-state index contributed by atoms with van der Waals surface area (Å²) in [6.45, 7) is 0.705. The number of hydrogen-bond donors (Lipinski definition) is 1. The van der Waals surface area contributed by atoms with Gasteiger partial charge in [-0.1, -0.05) is 84.8 Å². The average Bonchev–Trinajstić information content (AvgIpc) is 3.47. The molecule has 3 aromatic heterocycles. The van der Waals surface area contributed by atoms with Gasteiger partial charge < -0.3 is 9.55 Å². The van der Waals surface area contributed by atoms with Crippen LogP contribution in [0.1, 0.15) is 49.5 Å². The lowest BCUT2D eigenvalue weighted by Crippen LogP contribution is -2.28. The maximum atomic E-state index is 13.9. The van der Waals surface area contributed by atoms with E-state index >= 15 is 0 Å². The SMILES string of the molecule is O=c1c2sc(=S)n(CCc3ccccc3)c2nc(SCc2nc3ccccc3[nH]2)n1C1CCCCC1. The third kappa shape index (κ3) is 4.67. The maximum absolute atomic E-state index is 13.9. The Morgan fingerprint density at radius 1 is 1.03 bits per heavy atom. The minimum Gasteiger partial charge on any atom is -0.341 e. The van der Waals surface area contributed by atoms with E-state index in [1.165, 1.54) is 23.3 Å². The molecule has 0 atom stereocenters. The van der Waals surface area contributed by atoms with Crippen LogP contribution in [0.3, 0.4) is 0 Å². The molecule has 1 saturated carbocycles. The number of fused-ring (bicyclic) bond motifs is 2. The van der Waals surface area contributed by atoms with Crippen molar-refractivity contribution in [2.75, 3.05) is 0 Å². The van der Waals surface area contributed by atoms with Crippen molar-refractivity contribution < 1.29 is 0 Å². The zero-order valence-corrected chi connectivity index (χ0v) is 22.3. The molecule has 9 heteroatoms. The molecular formula is C27H27N5OS3. The van der Waals surface area contributed by atoms with Crippen molar-refractivity contribution in [3.8, 4) is 0 Å². The monoisotopic (exact) mass is 533 g/mol. The first-order valence-corrected chi connectivity index (χ1v) is 14.6. The van der Waals surface area contributed by atoms with Crippen LogP contribution < -0.4 is 5.56 Å². The molecule has 1 aliphatic carbocycles. The molecule has 3 heterocycles. The van der Waals surface area contributed by atoms with E-state index in [-0.39, 0.29) is 11.6 Å². The number of rotatable bonds is 7. The molecule has 36 heavy (non-hydrogen) atoms. The van der Waals surface area contributed by atoms with Gasteiger partial charge in [0.2, 0.25) is 0 Å². The van der Waals surface area contributed by atoms with Gasteiger partial charge in [0.1, 0.15) is 10.5 Å². The largest absolute Gasteiger partial charge is 0.341 e. The van der Waals surface area contributed by atoms with Crippen LogP contribution in [0.2, 0.25) is 0 Å². The first-order valence-electron chi connectivity index (χ1n) is 12.4. The van der Waals surface area contributed by atoms with E-state index in [0.717, 1.165) is 54.1 Å². The topological polar surface area (TPSA) is 68.5 Å². The summed E-state index contributed by atoms with van der Waals surface area (Å²) in [5.41, 5.74) is 3.98. The van der Waals surface area contributed by atoms with Gasteiger partial charge in [-0.25, -0.2) is 9.97 Å². The number of aryl methyl sites for hydroxylation is 2. The number of hydrogen-bond acceptors (Lipinski definition) is 6. The van der Waals surface area contributed by atoms with Gasteiger partial charge in [0.05, 0.1) is 16.8 Å². The van der Waals surface area contributed by atoms with Crippen LogP contribution >= 0.6 is 35.3 Å². The first-order chi connectivity index (χ1) is 17.7. The van der Waals surface area contributed by atoms with E-state index in [4.69, 9.17) is 22.2 Å². The highest BCUT2D eigenvalue weighted by Crippen LogP contribution is 2.33. The van der Waals surface area contributed by atoms with Crippen molar-refractivity contribution in [3.63, 3.8) is 0 Å². The third-order valence-electron chi connectivity index (χ3n) is 6.87. The molecule has 0 unspecified atom stereocenters. The molecule has 0 aliphatic heterocycles. The number of aromatic nitrogens is 5. The van der Waals surface area contributed by atoms with Gasteiger partial charge in [0, 0.05) is 12.6 Å². The average molecular weight is 534 g/mol. The molecule has 6 nitrogen and oxygen atoms in total. The number of thioether (sulfide) groups is 1. The summed E-state index contributed by atoms with van der Waals surface area (Å²) in [6.07, 6.45) is 6.41. The van der Waals surface area contributed by atoms with Gasteiger partial charge in [-0.15, -0.1) is 0 Å². The van der Waals surface area contributed by atoms with Gasteiger partial charge in [-0.2, -0.15) is 0 Å². The van der Waals surface area contributed by atoms with Crippen LogP contribution in [0.15, 0.2) is 64.5 Å². The molecule has 5 aromatic rings. The van der Waals surface area contributed by atoms with E-state index in [0.29, 0.717) is 26.6 Å². The number of nitrogens with one attached hydrogen (secondary N) is 1. The molecule has 1 aliphatic rings. The third-order valence-corrected chi connectivity index (χ3v) is 9.26. The first kappa shape index (κ1) is 23.6. The highest BCUT2D eigenvalue weighted by Gasteiger charge is 2.24. The Kier molecular flexibility index (Phi) is 6.77. The summed E-state index contributed by atoms with van der Waals surface area (Å²) in [7, 11) is 0. The fraction of sp³-hybridized carbons (Fsp3) is 0.333. The normalized spacial score (nSPS) is 14.7. The predicted octanol–water partition coefficient (Wildman–Crippen LogP) is 6.91. The molecular weight excluding hydrogens is 507 g/mol. The molecule has 6 rings (SSSR count). The van der Waals surface area contributed by atoms with Crippen LogP contribution in [0.25, 0.3) is 21.4 Å². The summed E-state index contributed by atoms with van der Waals surface area (Å²) >= 11 is 8.71. The Labute approximate surface area is 222 Å². The van der Waals surface area contributed by atoms with Crippen LogP contribution in [0, 0.1) is 3.95 Å². The van der Waals surface area contributed by atoms with Crippen LogP contribution in [0.4, 0.5) is 0 Å². The second-order valence-electron chi connectivity index (χ2n) is 9.26. The Balaban J connectivity index is 1.39. The van der Waals surface area contributed by atoms with E-state index in [2.05, 4.69) is 17.1 Å². The Hall–Kier alpha value is -2.75. The van der Waals surface area contributed by atoms with Crippen molar-refractivity contribution in [2.24, 2.45) is 0 Å². The molecule has 1 fully saturated rings. The van der Waals surface area contributed by atoms with E-state index in [9.17, 15) is 4.79 Å². The molecule has 0 spiro atoms. The predicted molar refractivity (Wildman–Crippen MR) is 151 cm³/mol. The zero-order valence-electron chi connectivity index (χ0n) is 19.9. The zero-order chi connectivity index (χ0) is 24.5. The summed E-state index contributed by atoms with van der Waals surface area (Å²) in [6, 6.07) is 18.6. The molecule has 1 N–H and O–H groups in total. The second kappa shape index (κ2) is 10.3. The number of H-pyrrole nitrogens is 1. The Morgan fingerprint density at radius 3 is 2.61 bits per heavy atom. The number of benzene rings is 2. The van der Waals surface area contributed by atoms with Crippen molar-refractivity contribution in [2.45, 2.75) is 62.0 Å². The number of aromatic amines is 1. The van der Waals surface area contributed by atoms with Crippen molar-refractivity contribution in [1.29, 1.82) is 0 Å². The Morgan fingerprint density at radius 2 is 1.81 bits per heavy atom. The van der Waals surface area contributed by atoms with E-state index in [1.54, 1.807) is 11.8 Å². The van der Waals surface area contributed by atoms with Gasteiger partial charge in [0.15, 0.2) is 14.8 Å². The van der Waals surface area contributed by atoms with Crippen LogP contribution in [-0.4, -0.2) is 24.1 Å². The van der Waals surface area contributed by atoms with Gasteiger partial charge >= 0.3 is 0 Å². The quantitative estimate of drug-likeness (QED) is 0.140. The molecule has 184 valence electrons. The number of thiazole rings is 1. The summed E-state index contributed by atoms with van der Waals surface area (Å²) in [5, 5.41) is 0.765. The molecule has 2 aromatic carbocycles. The van der Waals surface area contributed by atoms with Crippen molar-refractivity contribution in [3.05, 3.63) is 80.3 Å². The van der Waals surface area contributed by atoms with Crippen LogP contribution in [-0.2, 0) is 18.7 Å². The smallest absolute Gasteiger partial charge is 0.274 e. The fourth-order valence-electron chi connectivity index (χ4n) is 5.04. The van der Waals surface area contributed by atoms with Crippen molar-refractivity contribution in [1.82, 2.24) is 24.1 Å². The lowest BCUT2D eigenvalue weighted by atomic mass is 9.95. The minimum atomic E-state index is 0.0496. The maximum Gasteiger partial charge on any atom is 0.274 e. The molecule has 0 radical (unpaired) electrons. The molecule has 0 saturated heterocycles. The standard InChI is InChI=1S/C27H27N5OS3/c33-25-23-24(31(27(34)36-23)16-15-18-9-3-1-4-10-18)30-26(32(25)19-11-5-2-6-12-19)35-17-22-28-20-13-7-8-14-21(20)29-22/h1,3-4,7-10,13-14,19H,2,5-6,11-12,15-17H2,(H,28,29). The highest BCUT2D eigenvalue weighted by molar-refractivity contribution is 7.98. The molecule has 0 bridgehead atoms. The summed E-state index contributed by atoms with van der Waals surface area (Å²) < 4.78 is 5.38.